The first-order chi connectivity index (χ1) is 7.24. The molecule has 0 heterocycles. The van der Waals surface area contributed by atoms with Crippen molar-refractivity contribution in [2.75, 3.05) is 0 Å². The molecular weight excluding hydrogens is 383 g/mol. The molecule has 0 aromatic heterocycles. The van der Waals surface area contributed by atoms with E-state index in [0.717, 1.165) is 4.47 Å². The third-order valence-electron chi connectivity index (χ3n) is 1.85. The van der Waals surface area contributed by atoms with Crippen LogP contribution in [0, 0.1) is 3.57 Å². The van der Waals surface area contributed by atoms with Gasteiger partial charge in [0.15, 0.2) is 0 Å². The van der Waals surface area contributed by atoms with Gasteiger partial charge in [0.1, 0.15) is 0 Å². The zero-order chi connectivity index (χ0) is 10.7. The first-order valence-corrected chi connectivity index (χ1v) is 7.12. The van der Waals surface area contributed by atoms with E-state index in [0.29, 0.717) is 0 Å². The standard InChI is InChI=1S/C12H8BrIS/c13-9-4-6-11(7-5-9)15-12-3-1-2-10(14)8-12/h1-8H. The molecule has 76 valence electrons. The second-order valence-electron chi connectivity index (χ2n) is 3.01. The van der Waals surface area contributed by atoms with E-state index in [9.17, 15) is 0 Å². The molecule has 2 aromatic carbocycles. The molecule has 0 radical (unpaired) electrons. The molecule has 0 amide bonds. The van der Waals surface area contributed by atoms with Gasteiger partial charge in [0.2, 0.25) is 0 Å². The summed E-state index contributed by atoms with van der Waals surface area (Å²) in [6.45, 7) is 0. The van der Waals surface area contributed by atoms with Crippen molar-refractivity contribution in [3.8, 4) is 0 Å². The lowest BCUT2D eigenvalue weighted by Gasteiger charge is -2.02. The fourth-order valence-corrected chi connectivity index (χ4v) is 3.06. The van der Waals surface area contributed by atoms with Gasteiger partial charge in [-0.3, -0.25) is 0 Å². The van der Waals surface area contributed by atoms with E-state index in [1.54, 1.807) is 11.8 Å². The molecule has 0 aliphatic rings. The fourth-order valence-electron chi connectivity index (χ4n) is 1.17. The molecule has 0 saturated carbocycles. The SMILES string of the molecule is Brc1ccc(Sc2cccc(I)c2)cc1. The van der Waals surface area contributed by atoms with Crippen LogP contribution >= 0.6 is 50.3 Å². The quantitative estimate of drug-likeness (QED) is 0.634. The Morgan fingerprint density at radius 3 is 2.33 bits per heavy atom. The number of halogens is 2. The highest BCUT2D eigenvalue weighted by Crippen LogP contribution is 2.29. The highest BCUT2D eigenvalue weighted by molar-refractivity contribution is 14.1. The van der Waals surface area contributed by atoms with Crippen LogP contribution in [0.4, 0.5) is 0 Å². The average molecular weight is 391 g/mol. The van der Waals surface area contributed by atoms with Crippen molar-refractivity contribution >= 4 is 50.3 Å². The molecule has 0 unspecified atom stereocenters. The summed E-state index contributed by atoms with van der Waals surface area (Å²) >= 11 is 7.55. The summed E-state index contributed by atoms with van der Waals surface area (Å²) in [7, 11) is 0. The Labute approximate surface area is 116 Å². The van der Waals surface area contributed by atoms with E-state index in [4.69, 9.17) is 0 Å². The van der Waals surface area contributed by atoms with E-state index in [1.807, 2.05) is 0 Å². The molecule has 0 aliphatic heterocycles. The largest absolute Gasteiger partial charge is 0.0901 e. The first-order valence-electron chi connectivity index (χ1n) is 4.43. The summed E-state index contributed by atoms with van der Waals surface area (Å²) < 4.78 is 2.39. The number of rotatable bonds is 2. The lowest BCUT2D eigenvalue weighted by Crippen LogP contribution is -1.75. The zero-order valence-corrected chi connectivity index (χ0v) is 12.3. The first kappa shape index (κ1) is 11.5. The fraction of sp³-hybridized carbons (Fsp3) is 0. The van der Waals surface area contributed by atoms with Crippen LogP contribution in [0.15, 0.2) is 62.8 Å². The lowest BCUT2D eigenvalue weighted by molar-refractivity contribution is 1.38. The van der Waals surface area contributed by atoms with Crippen LogP contribution in [-0.4, -0.2) is 0 Å². The molecule has 15 heavy (non-hydrogen) atoms. The molecule has 0 aliphatic carbocycles. The second-order valence-corrected chi connectivity index (χ2v) is 6.32. The highest BCUT2D eigenvalue weighted by atomic mass is 127. The lowest BCUT2D eigenvalue weighted by atomic mass is 10.4. The van der Waals surface area contributed by atoms with Crippen molar-refractivity contribution in [2.24, 2.45) is 0 Å². The number of hydrogen-bond donors (Lipinski definition) is 0. The maximum Gasteiger partial charge on any atom is 0.0176 e. The minimum atomic E-state index is 1.12. The van der Waals surface area contributed by atoms with Crippen molar-refractivity contribution in [1.82, 2.24) is 0 Å². The Hall–Kier alpha value is -0.000000000000000111. The van der Waals surface area contributed by atoms with Gasteiger partial charge in [-0.05, 0) is 65.1 Å². The predicted molar refractivity (Wildman–Crippen MR) is 77.4 cm³/mol. The average Bonchev–Trinajstić information content (AvgIpc) is 2.22. The van der Waals surface area contributed by atoms with E-state index in [1.165, 1.54) is 13.4 Å². The summed E-state index contributed by atoms with van der Waals surface area (Å²) in [5.74, 6) is 0. The molecule has 0 atom stereocenters. The van der Waals surface area contributed by atoms with Crippen LogP contribution in [-0.2, 0) is 0 Å². The minimum absolute atomic E-state index is 1.12. The summed E-state index contributed by atoms with van der Waals surface area (Å²) in [6, 6.07) is 16.9. The molecule has 0 bridgehead atoms. The van der Waals surface area contributed by atoms with Crippen LogP contribution in [0.25, 0.3) is 0 Å². The van der Waals surface area contributed by atoms with Gasteiger partial charge in [-0.25, -0.2) is 0 Å². The minimum Gasteiger partial charge on any atom is -0.0901 e. The summed E-state index contributed by atoms with van der Waals surface area (Å²) in [6.07, 6.45) is 0. The van der Waals surface area contributed by atoms with E-state index < -0.39 is 0 Å². The second kappa shape index (κ2) is 5.37. The van der Waals surface area contributed by atoms with Crippen LogP contribution in [0.2, 0.25) is 0 Å². The highest BCUT2D eigenvalue weighted by Gasteiger charge is 1.97. The number of hydrogen-bond acceptors (Lipinski definition) is 1. The van der Waals surface area contributed by atoms with Gasteiger partial charge in [-0.15, -0.1) is 0 Å². The van der Waals surface area contributed by atoms with Crippen LogP contribution in [0.3, 0.4) is 0 Å². The zero-order valence-electron chi connectivity index (χ0n) is 7.78. The Bertz CT molecular complexity index is 453. The molecule has 0 N–H and O–H groups in total. The Balaban J connectivity index is 2.18. The molecule has 2 rings (SSSR count). The van der Waals surface area contributed by atoms with Crippen LogP contribution in [0.1, 0.15) is 0 Å². The summed E-state index contributed by atoms with van der Waals surface area (Å²) in [4.78, 5) is 2.55. The predicted octanol–water partition coefficient (Wildman–Crippen LogP) is 5.20. The molecule has 3 heteroatoms. The maximum atomic E-state index is 3.43. The van der Waals surface area contributed by atoms with Crippen molar-refractivity contribution in [3.63, 3.8) is 0 Å². The van der Waals surface area contributed by atoms with Gasteiger partial charge in [-0.1, -0.05) is 33.8 Å². The van der Waals surface area contributed by atoms with E-state index in [2.05, 4.69) is 87.1 Å². The van der Waals surface area contributed by atoms with Gasteiger partial charge < -0.3 is 0 Å². The smallest absolute Gasteiger partial charge is 0.0176 e. The van der Waals surface area contributed by atoms with Crippen LogP contribution in [0.5, 0.6) is 0 Å². The normalized spacial score (nSPS) is 10.3. The number of benzene rings is 2. The third-order valence-corrected chi connectivity index (χ3v) is 4.04. The van der Waals surface area contributed by atoms with Gasteiger partial charge in [0.05, 0.1) is 0 Å². The molecule has 0 nitrogen and oxygen atoms in total. The van der Waals surface area contributed by atoms with Crippen molar-refractivity contribution in [2.45, 2.75) is 9.79 Å². The van der Waals surface area contributed by atoms with Gasteiger partial charge in [0, 0.05) is 17.8 Å². The van der Waals surface area contributed by atoms with Crippen molar-refractivity contribution in [1.29, 1.82) is 0 Å². The Morgan fingerprint density at radius 2 is 1.67 bits per heavy atom. The van der Waals surface area contributed by atoms with Gasteiger partial charge >= 0.3 is 0 Å². The van der Waals surface area contributed by atoms with Crippen molar-refractivity contribution in [3.05, 3.63) is 56.6 Å². The van der Waals surface area contributed by atoms with Crippen molar-refractivity contribution < 1.29 is 0 Å². The summed E-state index contributed by atoms with van der Waals surface area (Å²) in [5, 5.41) is 0. The van der Waals surface area contributed by atoms with Gasteiger partial charge in [-0.2, -0.15) is 0 Å². The molecule has 0 saturated heterocycles. The Kier molecular flexibility index (Phi) is 4.11. The van der Waals surface area contributed by atoms with E-state index >= 15 is 0 Å². The third kappa shape index (κ3) is 3.50. The topological polar surface area (TPSA) is 0 Å². The molecule has 0 spiro atoms. The molecule has 2 aromatic rings. The molecular formula is C12H8BrIS. The maximum absolute atomic E-state index is 3.43. The summed E-state index contributed by atoms with van der Waals surface area (Å²) in [5.41, 5.74) is 0. The monoisotopic (exact) mass is 390 g/mol. The van der Waals surface area contributed by atoms with Crippen LogP contribution < -0.4 is 0 Å². The Morgan fingerprint density at radius 1 is 0.933 bits per heavy atom. The molecule has 0 fully saturated rings. The van der Waals surface area contributed by atoms with E-state index in [-0.39, 0.29) is 0 Å². The van der Waals surface area contributed by atoms with Gasteiger partial charge in [0.25, 0.3) is 0 Å².